The fourth-order valence-electron chi connectivity index (χ4n) is 2.11. The normalized spacial score (nSPS) is 16.2. The molecule has 0 spiro atoms. The molecule has 1 amide bonds. The van der Waals surface area contributed by atoms with Crippen LogP contribution in [0.1, 0.15) is 12.8 Å². The van der Waals surface area contributed by atoms with Crippen LogP contribution in [0.25, 0.3) is 0 Å². The monoisotopic (exact) mass is 279 g/mol. The Hall–Kier alpha value is -1.20. The minimum Gasteiger partial charge on any atom is -0.397 e. The van der Waals surface area contributed by atoms with Crippen molar-refractivity contribution in [1.82, 2.24) is 4.90 Å². The smallest absolute Gasteiger partial charge is 0.224 e. The molecule has 5 heteroatoms. The molecule has 1 saturated heterocycles. The van der Waals surface area contributed by atoms with Gasteiger partial charge in [0.25, 0.3) is 0 Å². The lowest BCUT2D eigenvalue weighted by molar-refractivity contribution is -0.116. The number of rotatable bonds is 5. The largest absolute Gasteiger partial charge is 0.397 e. The molecular weight excluding hydrogens is 258 g/mol. The minimum absolute atomic E-state index is 0.0456. The average Bonchev–Trinajstić information content (AvgIpc) is 2.43. The number of anilines is 2. The first kappa shape index (κ1) is 14.2. The van der Waals surface area contributed by atoms with Crippen molar-refractivity contribution in [3.05, 3.63) is 24.3 Å². The zero-order chi connectivity index (χ0) is 13.5. The van der Waals surface area contributed by atoms with E-state index in [9.17, 15) is 4.79 Å². The Kier molecular flexibility index (Phi) is 5.54. The number of nitrogens with two attached hydrogens (primary N) is 1. The van der Waals surface area contributed by atoms with E-state index < -0.39 is 0 Å². The number of thioether (sulfide) groups is 1. The zero-order valence-corrected chi connectivity index (χ0v) is 11.9. The molecule has 1 aliphatic rings. The third-order valence-corrected chi connectivity index (χ3v) is 4.16. The van der Waals surface area contributed by atoms with Crippen molar-refractivity contribution in [2.75, 3.05) is 42.2 Å². The lowest BCUT2D eigenvalue weighted by Crippen LogP contribution is -2.33. The standard InChI is InChI=1S/C14H21N3OS/c15-12-4-1-2-5-13(12)16-14(18)6-3-7-17-8-10-19-11-9-17/h1-2,4-5H,3,6-11,15H2,(H,16,18). The second-order valence-corrected chi connectivity index (χ2v) is 5.92. The summed E-state index contributed by atoms with van der Waals surface area (Å²) in [6.45, 7) is 3.31. The Balaban J connectivity index is 1.68. The fraction of sp³-hybridized carbons (Fsp3) is 0.500. The van der Waals surface area contributed by atoms with Crippen LogP contribution in [0.15, 0.2) is 24.3 Å². The zero-order valence-electron chi connectivity index (χ0n) is 11.1. The lowest BCUT2D eigenvalue weighted by Gasteiger charge is -2.25. The van der Waals surface area contributed by atoms with Crippen LogP contribution in [0.5, 0.6) is 0 Å². The van der Waals surface area contributed by atoms with E-state index in [1.165, 1.54) is 11.5 Å². The van der Waals surface area contributed by atoms with E-state index in [1.807, 2.05) is 30.0 Å². The predicted molar refractivity (Wildman–Crippen MR) is 82.5 cm³/mol. The highest BCUT2D eigenvalue weighted by Gasteiger charge is 2.11. The van der Waals surface area contributed by atoms with Crippen LogP contribution < -0.4 is 11.1 Å². The quantitative estimate of drug-likeness (QED) is 0.810. The molecule has 0 aliphatic carbocycles. The summed E-state index contributed by atoms with van der Waals surface area (Å²) in [5.74, 6) is 2.48. The SMILES string of the molecule is Nc1ccccc1NC(=O)CCCN1CCSCC1. The van der Waals surface area contributed by atoms with Gasteiger partial charge in [-0.25, -0.2) is 0 Å². The number of carbonyl (C=O) groups is 1. The average molecular weight is 279 g/mol. The molecule has 1 aromatic carbocycles. The predicted octanol–water partition coefficient (Wildman–Crippen LogP) is 2.04. The number of benzene rings is 1. The topological polar surface area (TPSA) is 58.4 Å². The van der Waals surface area contributed by atoms with Crippen molar-refractivity contribution in [1.29, 1.82) is 0 Å². The van der Waals surface area contributed by atoms with Gasteiger partial charge in [0.1, 0.15) is 0 Å². The summed E-state index contributed by atoms with van der Waals surface area (Å²) in [5.41, 5.74) is 7.11. The summed E-state index contributed by atoms with van der Waals surface area (Å²) in [7, 11) is 0. The Morgan fingerprint density at radius 2 is 2.05 bits per heavy atom. The molecule has 0 saturated carbocycles. The van der Waals surface area contributed by atoms with Gasteiger partial charge in [-0.05, 0) is 25.1 Å². The summed E-state index contributed by atoms with van der Waals surface area (Å²) in [6, 6.07) is 7.35. The summed E-state index contributed by atoms with van der Waals surface area (Å²) >= 11 is 2.01. The summed E-state index contributed by atoms with van der Waals surface area (Å²) < 4.78 is 0. The van der Waals surface area contributed by atoms with E-state index in [2.05, 4.69) is 10.2 Å². The third kappa shape index (κ3) is 4.76. The highest BCUT2D eigenvalue weighted by molar-refractivity contribution is 7.99. The van der Waals surface area contributed by atoms with Gasteiger partial charge in [0, 0.05) is 31.0 Å². The molecule has 3 N–H and O–H groups in total. The summed E-state index contributed by atoms with van der Waals surface area (Å²) in [4.78, 5) is 14.2. The Morgan fingerprint density at radius 3 is 2.79 bits per heavy atom. The first-order valence-corrected chi connectivity index (χ1v) is 7.85. The molecule has 0 radical (unpaired) electrons. The van der Waals surface area contributed by atoms with Crippen LogP contribution in [0.4, 0.5) is 11.4 Å². The van der Waals surface area contributed by atoms with Crippen LogP contribution in [-0.4, -0.2) is 41.9 Å². The number of carbonyl (C=O) groups excluding carboxylic acids is 1. The highest BCUT2D eigenvalue weighted by Crippen LogP contribution is 2.17. The van der Waals surface area contributed by atoms with Crippen LogP contribution >= 0.6 is 11.8 Å². The maximum atomic E-state index is 11.8. The number of amides is 1. The molecule has 0 bridgehead atoms. The number of hydrogen-bond acceptors (Lipinski definition) is 4. The van der Waals surface area contributed by atoms with Gasteiger partial charge in [0.15, 0.2) is 0 Å². The van der Waals surface area contributed by atoms with E-state index in [1.54, 1.807) is 6.07 Å². The fourth-order valence-corrected chi connectivity index (χ4v) is 3.09. The maximum absolute atomic E-state index is 11.8. The van der Waals surface area contributed by atoms with E-state index >= 15 is 0 Å². The maximum Gasteiger partial charge on any atom is 0.224 e. The van der Waals surface area contributed by atoms with Crippen molar-refractivity contribution >= 4 is 29.0 Å². The molecule has 0 aromatic heterocycles. The van der Waals surface area contributed by atoms with Gasteiger partial charge < -0.3 is 16.0 Å². The van der Waals surface area contributed by atoms with Gasteiger partial charge in [-0.2, -0.15) is 11.8 Å². The second kappa shape index (κ2) is 7.40. The number of para-hydroxylation sites is 2. The highest BCUT2D eigenvalue weighted by atomic mass is 32.2. The molecule has 1 aromatic rings. The van der Waals surface area contributed by atoms with Gasteiger partial charge in [0.05, 0.1) is 11.4 Å². The van der Waals surface area contributed by atoms with Crippen molar-refractivity contribution < 1.29 is 4.79 Å². The summed E-state index contributed by atoms with van der Waals surface area (Å²) in [6.07, 6.45) is 1.46. The molecule has 1 fully saturated rings. The molecule has 0 atom stereocenters. The summed E-state index contributed by atoms with van der Waals surface area (Å²) in [5, 5.41) is 2.86. The van der Waals surface area contributed by atoms with Gasteiger partial charge in [-0.3, -0.25) is 4.79 Å². The molecule has 2 rings (SSSR count). The van der Waals surface area contributed by atoms with Crippen LogP contribution in [-0.2, 0) is 4.79 Å². The van der Waals surface area contributed by atoms with Crippen LogP contribution in [0, 0.1) is 0 Å². The van der Waals surface area contributed by atoms with Gasteiger partial charge >= 0.3 is 0 Å². The minimum atomic E-state index is 0.0456. The van der Waals surface area contributed by atoms with E-state index in [4.69, 9.17) is 5.73 Å². The number of hydrogen-bond donors (Lipinski definition) is 2. The molecule has 0 unspecified atom stereocenters. The van der Waals surface area contributed by atoms with E-state index in [0.29, 0.717) is 17.8 Å². The second-order valence-electron chi connectivity index (χ2n) is 4.69. The lowest BCUT2D eigenvalue weighted by atomic mass is 10.2. The van der Waals surface area contributed by atoms with Gasteiger partial charge in [-0.1, -0.05) is 12.1 Å². The molecule has 1 heterocycles. The number of nitrogens with zero attached hydrogens (tertiary/aromatic N) is 1. The van der Waals surface area contributed by atoms with Crippen molar-refractivity contribution in [2.24, 2.45) is 0 Å². The van der Waals surface area contributed by atoms with Gasteiger partial charge in [0.2, 0.25) is 5.91 Å². The van der Waals surface area contributed by atoms with E-state index in [-0.39, 0.29) is 5.91 Å². The molecule has 104 valence electrons. The molecule has 1 aliphatic heterocycles. The Morgan fingerprint density at radius 1 is 1.32 bits per heavy atom. The Bertz CT molecular complexity index is 419. The van der Waals surface area contributed by atoms with E-state index in [0.717, 1.165) is 26.1 Å². The Labute approximate surface area is 118 Å². The van der Waals surface area contributed by atoms with Crippen molar-refractivity contribution in [2.45, 2.75) is 12.8 Å². The first-order chi connectivity index (χ1) is 9.25. The van der Waals surface area contributed by atoms with Crippen molar-refractivity contribution in [3.63, 3.8) is 0 Å². The van der Waals surface area contributed by atoms with Crippen LogP contribution in [0.2, 0.25) is 0 Å². The first-order valence-electron chi connectivity index (χ1n) is 6.70. The van der Waals surface area contributed by atoms with Crippen LogP contribution in [0.3, 0.4) is 0 Å². The number of nitrogens with one attached hydrogen (secondary N) is 1. The third-order valence-electron chi connectivity index (χ3n) is 3.22. The van der Waals surface area contributed by atoms with Crippen molar-refractivity contribution in [3.8, 4) is 0 Å². The number of nitrogen functional groups attached to an aromatic ring is 1. The molecular formula is C14H21N3OS. The van der Waals surface area contributed by atoms with Gasteiger partial charge in [-0.15, -0.1) is 0 Å². The molecule has 19 heavy (non-hydrogen) atoms. The molecule has 4 nitrogen and oxygen atoms in total.